The molecule has 0 bridgehead atoms. The number of nitrogens with one attached hydrogen (secondary N) is 3. The fourth-order valence-corrected chi connectivity index (χ4v) is 3.38. The highest BCUT2D eigenvalue weighted by Crippen LogP contribution is 2.30. The van der Waals surface area contributed by atoms with Crippen molar-refractivity contribution in [1.82, 2.24) is 20.2 Å². The monoisotopic (exact) mass is 399 g/mol. The SMILES string of the molecule is COc1ccc(NC(=O)c2ccc3c(-c4nc5ccccc5[nH]4)n[nH]c3c2)cc1O. The molecule has 8 heteroatoms. The van der Waals surface area contributed by atoms with Gasteiger partial charge in [-0.05, 0) is 42.5 Å². The molecule has 1 amide bonds. The second-order valence-corrected chi connectivity index (χ2v) is 6.78. The topological polar surface area (TPSA) is 116 Å². The highest BCUT2D eigenvalue weighted by atomic mass is 16.5. The van der Waals surface area contributed by atoms with Gasteiger partial charge in [0.1, 0.15) is 5.69 Å². The summed E-state index contributed by atoms with van der Waals surface area (Å²) in [5.41, 5.74) is 4.12. The summed E-state index contributed by atoms with van der Waals surface area (Å²) in [5.74, 6) is 0.648. The second kappa shape index (κ2) is 6.93. The van der Waals surface area contributed by atoms with Crippen LogP contribution in [-0.2, 0) is 0 Å². The van der Waals surface area contributed by atoms with Gasteiger partial charge in [0, 0.05) is 22.7 Å². The van der Waals surface area contributed by atoms with Gasteiger partial charge in [-0.1, -0.05) is 12.1 Å². The first-order valence-corrected chi connectivity index (χ1v) is 9.24. The number of amides is 1. The molecule has 3 aromatic carbocycles. The second-order valence-electron chi connectivity index (χ2n) is 6.78. The van der Waals surface area contributed by atoms with Crippen molar-refractivity contribution in [2.75, 3.05) is 12.4 Å². The van der Waals surface area contributed by atoms with Crippen molar-refractivity contribution < 1.29 is 14.6 Å². The van der Waals surface area contributed by atoms with E-state index in [4.69, 9.17) is 4.74 Å². The van der Waals surface area contributed by atoms with Gasteiger partial charge in [0.25, 0.3) is 5.91 Å². The lowest BCUT2D eigenvalue weighted by Gasteiger charge is -2.08. The molecule has 4 N–H and O–H groups in total. The van der Waals surface area contributed by atoms with E-state index in [1.54, 1.807) is 24.3 Å². The van der Waals surface area contributed by atoms with Gasteiger partial charge in [0.15, 0.2) is 17.3 Å². The fourth-order valence-electron chi connectivity index (χ4n) is 3.38. The minimum absolute atomic E-state index is 0.0465. The van der Waals surface area contributed by atoms with E-state index in [-0.39, 0.29) is 11.7 Å². The molecule has 0 radical (unpaired) electrons. The summed E-state index contributed by atoms with van der Waals surface area (Å²) < 4.78 is 5.01. The summed E-state index contributed by atoms with van der Waals surface area (Å²) in [7, 11) is 1.46. The number of anilines is 1. The summed E-state index contributed by atoms with van der Waals surface area (Å²) in [6.07, 6.45) is 0. The Kier molecular flexibility index (Phi) is 4.10. The van der Waals surface area contributed by atoms with E-state index in [1.165, 1.54) is 13.2 Å². The van der Waals surface area contributed by atoms with Crippen LogP contribution in [0.15, 0.2) is 60.7 Å². The number of phenols is 1. The number of aromatic nitrogens is 4. The lowest BCUT2D eigenvalue weighted by Crippen LogP contribution is -2.11. The van der Waals surface area contributed by atoms with Crippen LogP contribution in [-0.4, -0.2) is 38.3 Å². The van der Waals surface area contributed by atoms with E-state index >= 15 is 0 Å². The number of phenolic OH excluding ortho intramolecular Hbond substituents is 1. The predicted molar refractivity (Wildman–Crippen MR) is 114 cm³/mol. The average Bonchev–Trinajstić information content (AvgIpc) is 3.37. The average molecular weight is 399 g/mol. The van der Waals surface area contributed by atoms with Crippen molar-refractivity contribution in [3.63, 3.8) is 0 Å². The molecule has 2 aromatic heterocycles. The number of ether oxygens (including phenoxy) is 1. The Labute approximate surface area is 170 Å². The molecule has 0 aliphatic heterocycles. The molecule has 30 heavy (non-hydrogen) atoms. The van der Waals surface area contributed by atoms with E-state index in [0.29, 0.717) is 28.5 Å². The van der Waals surface area contributed by atoms with Gasteiger partial charge in [0.2, 0.25) is 0 Å². The van der Waals surface area contributed by atoms with Gasteiger partial charge in [0.05, 0.1) is 23.7 Å². The lowest BCUT2D eigenvalue weighted by molar-refractivity contribution is 0.102. The van der Waals surface area contributed by atoms with Gasteiger partial charge < -0.3 is 20.1 Å². The minimum atomic E-state index is -0.304. The molecule has 148 valence electrons. The molecule has 0 unspecified atom stereocenters. The number of para-hydroxylation sites is 2. The number of hydrogen-bond acceptors (Lipinski definition) is 5. The standard InChI is InChI=1S/C22H17N5O3/c1-30-19-9-7-13(11-18(19)28)23-22(29)12-6-8-14-17(10-12)26-27-20(14)21-24-15-4-2-3-5-16(15)25-21/h2-11,28H,1H3,(H,23,29)(H,24,25)(H,26,27). The minimum Gasteiger partial charge on any atom is -0.504 e. The molecule has 0 fully saturated rings. The zero-order valence-corrected chi connectivity index (χ0v) is 15.9. The molecular weight excluding hydrogens is 382 g/mol. The molecule has 0 aliphatic rings. The Morgan fingerprint density at radius 2 is 1.93 bits per heavy atom. The van der Waals surface area contributed by atoms with Crippen LogP contribution in [0.25, 0.3) is 33.5 Å². The molecule has 5 aromatic rings. The van der Waals surface area contributed by atoms with Crippen LogP contribution in [0.3, 0.4) is 0 Å². The number of methoxy groups -OCH3 is 1. The number of imidazole rings is 1. The van der Waals surface area contributed by atoms with E-state index in [2.05, 4.69) is 25.5 Å². The number of benzene rings is 3. The summed E-state index contributed by atoms with van der Waals surface area (Å²) in [4.78, 5) is 20.5. The van der Waals surface area contributed by atoms with Gasteiger partial charge in [-0.3, -0.25) is 9.89 Å². The van der Waals surface area contributed by atoms with Crippen LogP contribution in [0, 0.1) is 0 Å². The molecule has 0 saturated heterocycles. The molecule has 0 spiro atoms. The highest BCUT2D eigenvalue weighted by Gasteiger charge is 2.15. The molecule has 8 nitrogen and oxygen atoms in total. The molecule has 0 saturated carbocycles. The Bertz CT molecular complexity index is 1370. The van der Waals surface area contributed by atoms with Crippen LogP contribution in [0.1, 0.15) is 10.4 Å². The maximum atomic E-state index is 12.6. The highest BCUT2D eigenvalue weighted by molar-refractivity contribution is 6.07. The van der Waals surface area contributed by atoms with Crippen molar-refractivity contribution >= 4 is 33.5 Å². The first-order chi connectivity index (χ1) is 14.6. The van der Waals surface area contributed by atoms with Crippen LogP contribution < -0.4 is 10.1 Å². The number of nitrogens with zero attached hydrogens (tertiary/aromatic N) is 2. The molecule has 5 rings (SSSR count). The van der Waals surface area contributed by atoms with Crippen molar-refractivity contribution in [1.29, 1.82) is 0 Å². The van der Waals surface area contributed by atoms with Crippen LogP contribution in [0.2, 0.25) is 0 Å². The first-order valence-electron chi connectivity index (χ1n) is 9.24. The van der Waals surface area contributed by atoms with Crippen LogP contribution >= 0.6 is 0 Å². The van der Waals surface area contributed by atoms with E-state index < -0.39 is 0 Å². The van der Waals surface area contributed by atoms with Gasteiger partial charge in [-0.15, -0.1) is 0 Å². The molecule has 0 atom stereocenters. The van der Waals surface area contributed by atoms with Crippen molar-refractivity contribution in [3.8, 4) is 23.0 Å². The van der Waals surface area contributed by atoms with E-state index in [1.807, 2.05) is 30.3 Å². The maximum absolute atomic E-state index is 12.6. The number of rotatable bonds is 4. The largest absolute Gasteiger partial charge is 0.504 e. The fraction of sp³-hybridized carbons (Fsp3) is 0.0455. The van der Waals surface area contributed by atoms with E-state index in [0.717, 1.165) is 21.9 Å². The first kappa shape index (κ1) is 17.7. The molecular formula is C22H17N5O3. The number of fused-ring (bicyclic) bond motifs is 2. The third kappa shape index (κ3) is 3.00. The van der Waals surface area contributed by atoms with Crippen molar-refractivity contribution in [2.24, 2.45) is 0 Å². The molecule has 2 heterocycles. The maximum Gasteiger partial charge on any atom is 0.255 e. The number of aromatic hydroxyl groups is 1. The van der Waals surface area contributed by atoms with Gasteiger partial charge in [-0.25, -0.2) is 4.98 Å². The van der Waals surface area contributed by atoms with Crippen LogP contribution in [0.5, 0.6) is 11.5 Å². The Morgan fingerprint density at radius 1 is 1.07 bits per heavy atom. The summed E-state index contributed by atoms with van der Waals surface area (Å²) >= 11 is 0. The van der Waals surface area contributed by atoms with Crippen molar-refractivity contribution in [2.45, 2.75) is 0 Å². The Hall–Kier alpha value is -4.33. The zero-order chi connectivity index (χ0) is 20.7. The van der Waals surface area contributed by atoms with E-state index in [9.17, 15) is 9.90 Å². The number of hydrogen-bond donors (Lipinski definition) is 4. The Balaban J connectivity index is 1.44. The number of H-pyrrole nitrogens is 2. The number of aromatic amines is 2. The third-order valence-electron chi connectivity index (χ3n) is 4.88. The molecule has 0 aliphatic carbocycles. The van der Waals surface area contributed by atoms with Gasteiger partial charge in [-0.2, -0.15) is 5.10 Å². The normalized spacial score (nSPS) is 11.1. The smallest absolute Gasteiger partial charge is 0.255 e. The van der Waals surface area contributed by atoms with Gasteiger partial charge >= 0.3 is 0 Å². The summed E-state index contributed by atoms with van der Waals surface area (Å²) in [6, 6.07) is 17.7. The number of carbonyl (C=O) groups is 1. The quantitative estimate of drug-likeness (QED) is 0.363. The zero-order valence-electron chi connectivity index (χ0n) is 15.9. The predicted octanol–water partition coefficient (Wildman–Crippen LogP) is 4.07. The Morgan fingerprint density at radius 3 is 2.73 bits per heavy atom. The van der Waals surface area contributed by atoms with Crippen LogP contribution in [0.4, 0.5) is 5.69 Å². The summed E-state index contributed by atoms with van der Waals surface area (Å²) in [6.45, 7) is 0. The third-order valence-corrected chi connectivity index (χ3v) is 4.88. The lowest BCUT2D eigenvalue weighted by atomic mass is 10.1. The van der Waals surface area contributed by atoms with Crippen molar-refractivity contribution in [3.05, 3.63) is 66.2 Å². The summed E-state index contributed by atoms with van der Waals surface area (Å²) in [5, 5.41) is 20.8. The number of carbonyl (C=O) groups excluding carboxylic acids is 1.